The minimum absolute atomic E-state index is 0.0267. The van der Waals surface area contributed by atoms with Crippen LogP contribution in [0, 0.1) is 17.2 Å². The number of rotatable bonds is 14. The normalized spacial score (nSPS) is 17.4. The second kappa shape index (κ2) is 16.2. The van der Waals surface area contributed by atoms with Crippen molar-refractivity contribution in [3.05, 3.63) is 47.3 Å². The number of alkyl halides is 3. The number of urea groups is 1. The zero-order valence-corrected chi connectivity index (χ0v) is 27.0. The average Bonchev–Trinajstić information content (AvgIpc) is 3.53. The number of anilines is 2. The Hall–Kier alpha value is -3.97. The van der Waals surface area contributed by atoms with Crippen molar-refractivity contribution in [2.75, 3.05) is 48.3 Å². The van der Waals surface area contributed by atoms with Gasteiger partial charge in [0.2, 0.25) is 15.8 Å². The van der Waals surface area contributed by atoms with Gasteiger partial charge in [-0.15, -0.1) is 0 Å². The van der Waals surface area contributed by atoms with Crippen molar-refractivity contribution < 1.29 is 31.2 Å². The maximum atomic E-state index is 13.9. The summed E-state index contributed by atoms with van der Waals surface area (Å²) in [6.07, 6.45) is 1.01. The number of primary sulfonamides is 1. The van der Waals surface area contributed by atoms with Gasteiger partial charge in [0, 0.05) is 45.2 Å². The summed E-state index contributed by atoms with van der Waals surface area (Å²) in [6.45, 7) is 1.77. The maximum absolute atomic E-state index is 13.9. The van der Waals surface area contributed by atoms with E-state index in [0.29, 0.717) is 69.8 Å². The number of nitrogens with one attached hydrogen (secondary N) is 2. The Morgan fingerprint density at radius 1 is 1.00 bits per heavy atom. The molecule has 16 heteroatoms. The fourth-order valence-electron chi connectivity index (χ4n) is 6.03. The number of halogens is 3. The molecule has 3 heterocycles. The van der Waals surface area contributed by atoms with Gasteiger partial charge in [0.05, 0.1) is 23.4 Å². The molecule has 0 aliphatic carbocycles. The zero-order chi connectivity index (χ0) is 34.0. The quantitative estimate of drug-likeness (QED) is 0.253. The van der Waals surface area contributed by atoms with Crippen LogP contribution in [0.1, 0.15) is 68.3 Å². The van der Waals surface area contributed by atoms with Crippen molar-refractivity contribution in [1.82, 2.24) is 20.6 Å². The number of aromatic nitrogens is 2. The van der Waals surface area contributed by atoms with Crippen molar-refractivity contribution in [3.63, 3.8) is 0 Å². The molecule has 2 fully saturated rings. The van der Waals surface area contributed by atoms with Crippen molar-refractivity contribution in [1.29, 1.82) is 5.26 Å². The molecule has 2 aliphatic rings. The highest BCUT2D eigenvalue weighted by Gasteiger charge is 2.38. The Kier molecular flexibility index (Phi) is 12.4. The third-order valence-electron chi connectivity index (χ3n) is 8.53. The molecule has 1 aromatic carbocycles. The number of piperidine rings is 1. The molecule has 0 radical (unpaired) electrons. The number of nitriles is 1. The second-order valence-corrected chi connectivity index (χ2v) is 13.7. The maximum Gasteiger partial charge on any atom is 0.451 e. The topological polar surface area (TPSA) is 174 Å². The number of carbonyl (C=O) groups excluding carboxylic acids is 2. The van der Waals surface area contributed by atoms with Gasteiger partial charge in [0.1, 0.15) is 11.6 Å². The lowest BCUT2D eigenvalue weighted by molar-refractivity contribution is -0.144. The van der Waals surface area contributed by atoms with Gasteiger partial charge in [-0.2, -0.15) is 18.4 Å². The summed E-state index contributed by atoms with van der Waals surface area (Å²) in [6, 6.07) is 9.80. The number of Topliss-reactive ketones (excluding diaryl/α,β-unsaturated/α-hetero) is 1. The first-order valence-corrected chi connectivity index (χ1v) is 17.6. The minimum Gasteiger partial charge on any atom is -0.356 e. The fourth-order valence-corrected chi connectivity index (χ4v) is 6.41. The molecule has 0 spiro atoms. The second-order valence-electron chi connectivity index (χ2n) is 12.0. The molecule has 1 aromatic heterocycles. The molecule has 2 aromatic rings. The highest BCUT2D eigenvalue weighted by molar-refractivity contribution is 7.89. The van der Waals surface area contributed by atoms with Crippen LogP contribution >= 0.6 is 0 Å². The van der Waals surface area contributed by atoms with Gasteiger partial charge in [-0.25, -0.2) is 28.3 Å². The average molecular weight is 679 g/mol. The van der Waals surface area contributed by atoms with E-state index in [4.69, 9.17) is 10.4 Å². The first-order chi connectivity index (χ1) is 22.3. The Bertz CT molecular complexity index is 1520. The van der Waals surface area contributed by atoms with E-state index in [2.05, 4.69) is 26.7 Å². The summed E-state index contributed by atoms with van der Waals surface area (Å²) >= 11 is 0. The Morgan fingerprint density at radius 2 is 1.68 bits per heavy atom. The van der Waals surface area contributed by atoms with E-state index in [1.165, 1.54) is 0 Å². The lowest BCUT2D eigenvalue weighted by Crippen LogP contribution is -2.39. The van der Waals surface area contributed by atoms with E-state index < -0.39 is 34.1 Å². The molecule has 0 unspecified atom stereocenters. The van der Waals surface area contributed by atoms with Gasteiger partial charge in [-0.1, -0.05) is 12.1 Å². The van der Waals surface area contributed by atoms with Gasteiger partial charge in [-0.05, 0) is 75.0 Å². The number of benzene rings is 1. The standard InChI is InChI=1S/C31H41F3N8O4S/c32-31(33,34)29-39-27(41-17-12-23(13-18-41)5-2-14-37-30(44)38-15-19-47(36,45)46)20-28(40-29)42-16-3-6-25(42)26(43)7-1-4-22-8-10-24(21-35)11-9-22/h8-11,20,23,25H,1-7,12-19H2,(H2,36,45,46)(H2,37,38,44)/t25-/m0/s1. The van der Waals surface area contributed by atoms with E-state index in [9.17, 15) is 31.2 Å². The largest absolute Gasteiger partial charge is 0.451 e. The summed E-state index contributed by atoms with van der Waals surface area (Å²) in [5, 5.41) is 19.0. The molecule has 12 nitrogen and oxygen atoms in total. The minimum atomic E-state index is -4.75. The summed E-state index contributed by atoms with van der Waals surface area (Å²) in [5.74, 6) is -0.971. The molecule has 4 rings (SSSR count). The lowest BCUT2D eigenvalue weighted by Gasteiger charge is -2.34. The van der Waals surface area contributed by atoms with Crippen LogP contribution in [0.2, 0.25) is 0 Å². The van der Waals surface area contributed by atoms with Gasteiger partial charge in [0.15, 0.2) is 5.78 Å². The molecule has 2 amide bonds. The van der Waals surface area contributed by atoms with Crippen LogP contribution in [-0.2, 0) is 27.4 Å². The lowest BCUT2D eigenvalue weighted by atomic mass is 9.92. The zero-order valence-electron chi connectivity index (χ0n) is 26.1. The Labute approximate surface area is 273 Å². The number of sulfonamides is 1. The number of carbonyl (C=O) groups is 2. The highest BCUT2D eigenvalue weighted by atomic mass is 32.2. The van der Waals surface area contributed by atoms with Crippen LogP contribution in [0.4, 0.5) is 29.6 Å². The number of nitrogens with zero attached hydrogens (tertiary/aromatic N) is 5. The molecule has 2 saturated heterocycles. The summed E-state index contributed by atoms with van der Waals surface area (Å²) in [7, 11) is -3.65. The summed E-state index contributed by atoms with van der Waals surface area (Å²) in [4.78, 5) is 36.3. The molecule has 0 bridgehead atoms. The smallest absolute Gasteiger partial charge is 0.356 e. The molecule has 1 atom stereocenters. The van der Waals surface area contributed by atoms with Gasteiger partial charge >= 0.3 is 12.2 Å². The van der Waals surface area contributed by atoms with E-state index in [1.54, 1.807) is 23.1 Å². The predicted molar refractivity (Wildman–Crippen MR) is 170 cm³/mol. The SMILES string of the molecule is N#Cc1ccc(CCCC(=O)[C@@H]2CCCN2c2cc(N3CCC(CCCNC(=O)NCCS(N)(=O)=O)CC3)nc(C(F)(F)F)n2)cc1. The van der Waals surface area contributed by atoms with Crippen LogP contribution < -0.4 is 25.6 Å². The fraction of sp³-hybridized carbons (Fsp3) is 0.581. The highest BCUT2D eigenvalue weighted by Crippen LogP contribution is 2.34. The van der Waals surface area contributed by atoms with Crippen LogP contribution in [0.25, 0.3) is 0 Å². The van der Waals surface area contributed by atoms with E-state index in [0.717, 1.165) is 24.8 Å². The third-order valence-corrected chi connectivity index (χ3v) is 9.30. The van der Waals surface area contributed by atoms with E-state index in [1.807, 2.05) is 17.0 Å². The molecule has 47 heavy (non-hydrogen) atoms. The predicted octanol–water partition coefficient (Wildman–Crippen LogP) is 3.51. The first-order valence-electron chi connectivity index (χ1n) is 15.8. The van der Waals surface area contributed by atoms with Gasteiger partial charge in [0.25, 0.3) is 0 Å². The summed E-state index contributed by atoms with van der Waals surface area (Å²) in [5.41, 5.74) is 1.58. The first kappa shape index (κ1) is 35.9. The number of nitrogens with two attached hydrogens (primary N) is 1. The van der Waals surface area contributed by atoms with Crippen molar-refractivity contribution in [2.45, 2.75) is 70.0 Å². The number of hydrogen-bond donors (Lipinski definition) is 3. The number of hydrogen-bond acceptors (Lipinski definition) is 9. The van der Waals surface area contributed by atoms with Crippen LogP contribution in [0.5, 0.6) is 0 Å². The van der Waals surface area contributed by atoms with Crippen molar-refractivity contribution in [2.24, 2.45) is 11.1 Å². The van der Waals surface area contributed by atoms with Crippen LogP contribution in [0.3, 0.4) is 0 Å². The van der Waals surface area contributed by atoms with Crippen molar-refractivity contribution >= 4 is 33.5 Å². The molecule has 4 N–H and O–H groups in total. The third kappa shape index (κ3) is 11.1. The molecular weight excluding hydrogens is 637 g/mol. The monoisotopic (exact) mass is 678 g/mol. The molecule has 256 valence electrons. The van der Waals surface area contributed by atoms with E-state index >= 15 is 0 Å². The number of aryl methyl sites for hydroxylation is 1. The van der Waals surface area contributed by atoms with Crippen molar-refractivity contribution in [3.8, 4) is 6.07 Å². The number of ketones is 1. The van der Waals surface area contributed by atoms with Crippen LogP contribution in [-0.4, -0.2) is 74.7 Å². The molecule has 2 aliphatic heterocycles. The summed E-state index contributed by atoms with van der Waals surface area (Å²) < 4.78 is 63.7. The van der Waals surface area contributed by atoms with Gasteiger partial charge in [-0.3, -0.25) is 4.79 Å². The molecule has 0 saturated carbocycles. The number of amides is 2. The van der Waals surface area contributed by atoms with Crippen LogP contribution in [0.15, 0.2) is 30.3 Å². The molecular formula is C31H41F3N8O4S. The van der Waals surface area contributed by atoms with Gasteiger partial charge < -0.3 is 20.4 Å². The Balaban J connectivity index is 1.30. The Morgan fingerprint density at radius 3 is 2.34 bits per heavy atom. The van der Waals surface area contributed by atoms with E-state index in [-0.39, 0.29) is 36.1 Å².